The van der Waals surface area contributed by atoms with Gasteiger partial charge in [-0.3, -0.25) is 4.79 Å². The number of likely N-dealkylation sites (tertiary alicyclic amines) is 1. The van der Waals surface area contributed by atoms with Crippen molar-refractivity contribution in [2.45, 2.75) is 25.3 Å². The van der Waals surface area contributed by atoms with Gasteiger partial charge in [0.1, 0.15) is 0 Å². The van der Waals surface area contributed by atoms with Gasteiger partial charge in [-0.25, -0.2) is 0 Å². The number of amides is 1. The van der Waals surface area contributed by atoms with E-state index in [9.17, 15) is 4.79 Å². The summed E-state index contributed by atoms with van der Waals surface area (Å²) in [6.45, 7) is 1.64. The molecule has 2 rings (SSSR count). The lowest BCUT2D eigenvalue weighted by Crippen LogP contribution is -2.54. The van der Waals surface area contributed by atoms with Crippen LogP contribution in [0.25, 0.3) is 0 Å². The molecule has 4 nitrogen and oxygen atoms in total. The molecule has 1 aliphatic heterocycles. The molecule has 0 aromatic carbocycles. The maximum absolute atomic E-state index is 11.9. The average molecular weight is 198 g/mol. The zero-order chi connectivity index (χ0) is 10.1. The Labute approximate surface area is 84.1 Å². The van der Waals surface area contributed by atoms with Crippen LogP contribution in [0.2, 0.25) is 0 Å². The second kappa shape index (κ2) is 3.87. The highest BCUT2D eigenvalue weighted by atomic mass is 16.3. The molecule has 3 N–H and O–H groups in total. The number of aliphatic hydroxyl groups excluding tert-OH is 1. The Kier molecular flexibility index (Phi) is 2.74. The first-order valence-corrected chi connectivity index (χ1v) is 5.37. The molecule has 80 valence electrons. The summed E-state index contributed by atoms with van der Waals surface area (Å²) in [5.41, 5.74) is 5.87. The van der Waals surface area contributed by atoms with Crippen molar-refractivity contribution >= 4 is 5.91 Å². The monoisotopic (exact) mass is 198 g/mol. The Morgan fingerprint density at radius 2 is 2.14 bits per heavy atom. The fourth-order valence-electron chi connectivity index (χ4n) is 2.40. The van der Waals surface area contributed by atoms with Gasteiger partial charge in [0.15, 0.2) is 0 Å². The number of hydrogen-bond acceptors (Lipinski definition) is 3. The summed E-state index contributed by atoms with van der Waals surface area (Å²) in [5, 5.41) is 8.84. The molecule has 4 heteroatoms. The highest BCUT2D eigenvalue weighted by Crippen LogP contribution is 2.28. The Balaban J connectivity index is 1.84. The van der Waals surface area contributed by atoms with E-state index in [1.54, 1.807) is 0 Å². The number of nitrogens with two attached hydrogens (primary N) is 1. The first-order valence-electron chi connectivity index (χ1n) is 5.37. The van der Waals surface area contributed by atoms with Gasteiger partial charge in [0, 0.05) is 31.7 Å². The van der Waals surface area contributed by atoms with Gasteiger partial charge in [0.2, 0.25) is 5.91 Å². The fourth-order valence-corrected chi connectivity index (χ4v) is 2.40. The van der Waals surface area contributed by atoms with Gasteiger partial charge in [-0.2, -0.15) is 0 Å². The van der Waals surface area contributed by atoms with E-state index in [-0.39, 0.29) is 24.5 Å². The molecular formula is C10H18N2O2. The standard InChI is InChI=1S/C10H18N2O2/c11-9-3-1-2-8(9)10(14)12-4-7(5-12)6-13/h7-9,13H,1-6,11H2. The number of aliphatic hydroxyl groups is 1. The van der Waals surface area contributed by atoms with E-state index >= 15 is 0 Å². The summed E-state index contributed by atoms with van der Waals surface area (Å²) in [6, 6.07) is 0.0654. The first-order chi connectivity index (χ1) is 6.72. The second-order valence-corrected chi connectivity index (χ2v) is 4.49. The number of carbonyl (C=O) groups is 1. The molecule has 1 heterocycles. The summed E-state index contributed by atoms with van der Waals surface area (Å²) in [7, 11) is 0. The molecule has 2 aliphatic rings. The van der Waals surface area contributed by atoms with Crippen LogP contribution in [0, 0.1) is 11.8 Å². The van der Waals surface area contributed by atoms with Crippen LogP contribution in [0.3, 0.4) is 0 Å². The third kappa shape index (κ3) is 1.64. The van der Waals surface area contributed by atoms with Crippen molar-refractivity contribution in [3.8, 4) is 0 Å². The first kappa shape index (κ1) is 9.93. The van der Waals surface area contributed by atoms with Gasteiger partial charge in [-0.15, -0.1) is 0 Å². The second-order valence-electron chi connectivity index (χ2n) is 4.49. The molecule has 2 unspecified atom stereocenters. The normalized spacial score (nSPS) is 33.1. The third-order valence-electron chi connectivity index (χ3n) is 3.41. The van der Waals surface area contributed by atoms with Crippen LogP contribution in [0.15, 0.2) is 0 Å². The predicted octanol–water partition coefficient (Wildman–Crippen LogP) is -0.436. The van der Waals surface area contributed by atoms with Crippen molar-refractivity contribution in [1.82, 2.24) is 4.90 Å². The Morgan fingerprint density at radius 3 is 2.64 bits per heavy atom. The molecule has 0 aromatic rings. The zero-order valence-corrected chi connectivity index (χ0v) is 8.35. The minimum atomic E-state index is 0.0506. The minimum absolute atomic E-state index is 0.0506. The predicted molar refractivity (Wildman–Crippen MR) is 52.5 cm³/mol. The van der Waals surface area contributed by atoms with E-state index in [4.69, 9.17) is 10.8 Å². The van der Waals surface area contributed by atoms with Crippen LogP contribution in [0.5, 0.6) is 0 Å². The van der Waals surface area contributed by atoms with Crippen molar-refractivity contribution in [3.05, 3.63) is 0 Å². The lowest BCUT2D eigenvalue weighted by molar-refractivity contribution is -0.143. The molecular weight excluding hydrogens is 180 g/mol. The quantitative estimate of drug-likeness (QED) is 0.632. The molecule has 1 saturated heterocycles. The van der Waals surface area contributed by atoms with E-state index in [1.807, 2.05) is 4.90 Å². The molecule has 0 radical (unpaired) electrons. The van der Waals surface area contributed by atoms with E-state index in [0.29, 0.717) is 5.92 Å². The van der Waals surface area contributed by atoms with Crippen LogP contribution >= 0.6 is 0 Å². The van der Waals surface area contributed by atoms with E-state index in [2.05, 4.69) is 0 Å². The van der Waals surface area contributed by atoms with Crippen molar-refractivity contribution in [2.75, 3.05) is 19.7 Å². The van der Waals surface area contributed by atoms with E-state index in [1.165, 1.54) is 0 Å². The molecule has 1 amide bonds. The van der Waals surface area contributed by atoms with Crippen LogP contribution in [-0.4, -0.2) is 41.7 Å². The molecule has 1 saturated carbocycles. The number of hydrogen-bond donors (Lipinski definition) is 2. The van der Waals surface area contributed by atoms with Gasteiger partial charge in [-0.1, -0.05) is 6.42 Å². The molecule has 2 fully saturated rings. The molecule has 0 aromatic heterocycles. The van der Waals surface area contributed by atoms with Crippen molar-refractivity contribution in [2.24, 2.45) is 17.6 Å². The number of nitrogens with zero attached hydrogens (tertiary/aromatic N) is 1. The molecule has 0 spiro atoms. The van der Waals surface area contributed by atoms with Gasteiger partial charge in [0.05, 0.1) is 5.92 Å². The summed E-state index contributed by atoms with van der Waals surface area (Å²) in [6.07, 6.45) is 3.00. The summed E-state index contributed by atoms with van der Waals surface area (Å²) in [5.74, 6) is 0.561. The molecule has 0 bridgehead atoms. The molecule has 14 heavy (non-hydrogen) atoms. The topological polar surface area (TPSA) is 66.6 Å². The largest absolute Gasteiger partial charge is 0.396 e. The Bertz CT molecular complexity index is 226. The van der Waals surface area contributed by atoms with Gasteiger partial charge in [0.25, 0.3) is 0 Å². The van der Waals surface area contributed by atoms with Crippen LogP contribution < -0.4 is 5.73 Å². The highest BCUT2D eigenvalue weighted by molar-refractivity contribution is 5.80. The van der Waals surface area contributed by atoms with Crippen LogP contribution in [0.1, 0.15) is 19.3 Å². The van der Waals surface area contributed by atoms with Crippen LogP contribution in [-0.2, 0) is 4.79 Å². The Hall–Kier alpha value is -0.610. The highest BCUT2D eigenvalue weighted by Gasteiger charge is 2.38. The van der Waals surface area contributed by atoms with Gasteiger partial charge >= 0.3 is 0 Å². The fraction of sp³-hybridized carbons (Fsp3) is 0.900. The lowest BCUT2D eigenvalue weighted by atomic mass is 9.96. The maximum atomic E-state index is 11.9. The average Bonchev–Trinajstić information content (AvgIpc) is 2.49. The minimum Gasteiger partial charge on any atom is -0.396 e. The van der Waals surface area contributed by atoms with Gasteiger partial charge in [-0.05, 0) is 12.8 Å². The summed E-state index contributed by atoms with van der Waals surface area (Å²) >= 11 is 0. The molecule has 1 aliphatic carbocycles. The summed E-state index contributed by atoms with van der Waals surface area (Å²) in [4.78, 5) is 13.7. The van der Waals surface area contributed by atoms with E-state index in [0.717, 1.165) is 32.4 Å². The molecule has 2 atom stereocenters. The van der Waals surface area contributed by atoms with Gasteiger partial charge < -0.3 is 15.7 Å². The SMILES string of the molecule is NC1CCCC1C(=O)N1CC(CO)C1. The third-order valence-corrected chi connectivity index (χ3v) is 3.41. The Morgan fingerprint density at radius 1 is 1.43 bits per heavy atom. The zero-order valence-electron chi connectivity index (χ0n) is 8.35. The summed E-state index contributed by atoms with van der Waals surface area (Å²) < 4.78 is 0. The number of rotatable bonds is 2. The number of carbonyl (C=O) groups excluding carboxylic acids is 1. The van der Waals surface area contributed by atoms with E-state index < -0.39 is 0 Å². The smallest absolute Gasteiger partial charge is 0.227 e. The van der Waals surface area contributed by atoms with Crippen molar-refractivity contribution < 1.29 is 9.90 Å². The van der Waals surface area contributed by atoms with Crippen molar-refractivity contribution in [1.29, 1.82) is 0 Å². The lowest BCUT2D eigenvalue weighted by Gasteiger charge is -2.40. The maximum Gasteiger partial charge on any atom is 0.227 e. The van der Waals surface area contributed by atoms with Crippen molar-refractivity contribution in [3.63, 3.8) is 0 Å². The van der Waals surface area contributed by atoms with Crippen LogP contribution in [0.4, 0.5) is 0 Å².